The fraction of sp³-hybridized carbons (Fsp3) is 0.588. The molecule has 0 saturated carbocycles. The highest BCUT2D eigenvalue weighted by molar-refractivity contribution is 5.69. The molecule has 7 heteroatoms. The molecule has 0 radical (unpaired) electrons. The van der Waals surface area contributed by atoms with Crippen molar-refractivity contribution in [2.24, 2.45) is 0 Å². The maximum absolute atomic E-state index is 12.6. The molecule has 1 atom stereocenters. The molecule has 2 rings (SSSR count). The van der Waals surface area contributed by atoms with Crippen LogP contribution in [-0.2, 0) is 17.5 Å². The molecule has 24 heavy (non-hydrogen) atoms. The topological polar surface area (TPSA) is 43.8 Å². The number of likely N-dealkylation sites (tertiary alicyclic amines) is 1. The summed E-state index contributed by atoms with van der Waals surface area (Å²) in [5.41, 5.74) is 0.234. The van der Waals surface area contributed by atoms with Crippen LogP contribution in [0, 0.1) is 0 Å². The van der Waals surface area contributed by atoms with E-state index in [4.69, 9.17) is 5.11 Å². The van der Waals surface area contributed by atoms with Crippen LogP contribution in [-0.4, -0.2) is 53.6 Å². The normalized spacial score (nSPS) is 20.1. The van der Waals surface area contributed by atoms with Crippen LogP contribution in [0.5, 0.6) is 0 Å². The fourth-order valence-corrected chi connectivity index (χ4v) is 3.14. The number of alkyl halides is 3. The van der Waals surface area contributed by atoms with Gasteiger partial charge >= 0.3 is 12.1 Å². The minimum atomic E-state index is -4.30. The highest BCUT2D eigenvalue weighted by atomic mass is 19.4. The summed E-state index contributed by atoms with van der Waals surface area (Å²) < 4.78 is 37.8. The largest absolute Gasteiger partial charge is 0.480 e. The van der Waals surface area contributed by atoms with Crippen LogP contribution >= 0.6 is 0 Å². The van der Waals surface area contributed by atoms with Crippen molar-refractivity contribution in [2.45, 2.75) is 38.0 Å². The maximum Gasteiger partial charge on any atom is 0.416 e. The summed E-state index contributed by atoms with van der Waals surface area (Å²) in [5, 5.41) is 8.88. The number of hydrogen-bond donors (Lipinski definition) is 1. The predicted molar refractivity (Wildman–Crippen MR) is 84.6 cm³/mol. The molecule has 0 bridgehead atoms. The van der Waals surface area contributed by atoms with Gasteiger partial charge in [0.1, 0.15) is 0 Å². The molecule has 4 nitrogen and oxygen atoms in total. The molecule has 0 aromatic heterocycles. The monoisotopic (exact) mass is 344 g/mol. The maximum atomic E-state index is 12.6. The summed E-state index contributed by atoms with van der Waals surface area (Å²) in [6, 6.07) is 5.54. The number of carbonyl (C=O) groups is 1. The van der Waals surface area contributed by atoms with E-state index in [0.29, 0.717) is 6.54 Å². The molecular weight excluding hydrogens is 321 g/mol. The summed E-state index contributed by atoms with van der Waals surface area (Å²) in [6.07, 6.45) is -1.55. The first kappa shape index (κ1) is 18.7. The predicted octanol–water partition coefficient (Wildman–Crippen LogP) is 3.08. The average molecular weight is 344 g/mol. The number of aliphatic carboxylic acids is 1. The van der Waals surface area contributed by atoms with E-state index in [9.17, 15) is 18.0 Å². The molecule has 1 fully saturated rings. The molecule has 1 N–H and O–H groups in total. The third kappa shape index (κ3) is 5.49. The summed E-state index contributed by atoms with van der Waals surface area (Å²) >= 11 is 0. The van der Waals surface area contributed by atoms with E-state index in [2.05, 4.69) is 4.90 Å². The average Bonchev–Trinajstić information content (AvgIpc) is 2.72. The van der Waals surface area contributed by atoms with Gasteiger partial charge in [0, 0.05) is 12.6 Å². The van der Waals surface area contributed by atoms with E-state index >= 15 is 0 Å². The van der Waals surface area contributed by atoms with Crippen LogP contribution in [0.15, 0.2) is 24.3 Å². The van der Waals surface area contributed by atoms with Crippen molar-refractivity contribution in [1.82, 2.24) is 9.80 Å². The zero-order chi connectivity index (χ0) is 17.7. The Labute approximate surface area is 139 Å². The Bertz CT molecular complexity index is 546. The summed E-state index contributed by atoms with van der Waals surface area (Å²) in [6.45, 7) is 2.34. The molecule has 1 aromatic rings. The Kier molecular flexibility index (Phi) is 6.23. The van der Waals surface area contributed by atoms with Crippen LogP contribution in [0.1, 0.15) is 30.4 Å². The van der Waals surface area contributed by atoms with Gasteiger partial charge in [-0.25, -0.2) is 0 Å². The molecule has 0 amide bonds. The number of halogens is 3. The summed E-state index contributed by atoms with van der Waals surface area (Å²) in [7, 11) is 1.82. The lowest BCUT2D eigenvalue weighted by atomic mass is 10.1. The van der Waals surface area contributed by atoms with Crippen molar-refractivity contribution in [3.8, 4) is 0 Å². The number of benzene rings is 1. The van der Waals surface area contributed by atoms with Gasteiger partial charge in [-0.1, -0.05) is 12.1 Å². The Hall–Kier alpha value is -1.60. The van der Waals surface area contributed by atoms with Gasteiger partial charge in [0.2, 0.25) is 0 Å². The fourth-order valence-electron chi connectivity index (χ4n) is 3.14. The van der Waals surface area contributed by atoms with Crippen molar-refractivity contribution in [3.05, 3.63) is 35.4 Å². The van der Waals surface area contributed by atoms with E-state index < -0.39 is 17.7 Å². The van der Waals surface area contributed by atoms with E-state index in [1.165, 1.54) is 12.1 Å². The van der Waals surface area contributed by atoms with Crippen LogP contribution in [0.3, 0.4) is 0 Å². The molecule has 1 aliphatic rings. The molecule has 1 aromatic carbocycles. The van der Waals surface area contributed by atoms with Gasteiger partial charge in [0.15, 0.2) is 0 Å². The number of nitrogens with zero attached hydrogens (tertiary/aromatic N) is 2. The van der Waals surface area contributed by atoms with E-state index in [1.807, 2.05) is 11.9 Å². The van der Waals surface area contributed by atoms with Gasteiger partial charge in [0.25, 0.3) is 0 Å². The van der Waals surface area contributed by atoms with Crippen molar-refractivity contribution in [2.75, 3.05) is 26.7 Å². The molecule has 1 aliphatic heterocycles. The van der Waals surface area contributed by atoms with Crippen molar-refractivity contribution < 1.29 is 23.1 Å². The second kappa shape index (κ2) is 7.98. The lowest BCUT2D eigenvalue weighted by molar-refractivity contribution is -0.139. The lowest BCUT2D eigenvalue weighted by Gasteiger charge is -2.25. The van der Waals surface area contributed by atoms with E-state index in [0.717, 1.165) is 50.0 Å². The highest BCUT2D eigenvalue weighted by Crippen LogP contribution is 2.29. The Morgan fingerprint density at radius 3 is 2.50 bits per heavy atom. The smallest absolute Gasteiger partial charge is 0.416 e. The van der Waals surface area contributed by atoms with Crippen LogP contribution in [0.2, 0.25) is 0 Å². The first-order chi connectivity index (χ1) is 11.3. The highest BCUT2D eigenvalue weighted by Gasteiger charge is 2.30. The molecule has 1 unspecified atom stereocenters. The van der Waals surface area contributed by atoms with Crippen molar-refractivity contribution in [1.29, 1.82) is 0 Å². The van der Waals surface area contributed by atoms with Crippen molar-refractivity contribution in [3.63, 3.8) is 0 Å². The second-order valence-corrected chi connectivity index (χ2v) is 6.36. The minimum absolute atomic E-state index is 0.0313. The van der Waals surface area contributed by atoms with Gasteiger partial charge in [-0.05, 0) is 57.1 Å². The van der Waals surface area contributed by atoms with Gasteiger partial charge in [-0.2, -0.15) is 13.2 Å². The van der Waals surface area contributed by atoms with Gasteiger partial charge in [-0.3, -0.25) is 14.6 Å². The third-order valence-electron chi connectivity index (χ3n) is 4.49. The molecular formula is C17H23F3N2O2. The van der Waals surface area contributed by atoms with Crippen molar-refractivity contribution >= 4 is 5.97 Å². The first-order valence-corrected chi connectivity index (χ1v) is 8.06. The zero-order valence-corrected chi connectivity index (χ0v) is 13.7. The number of carboxylic acid groups (broad SMARTS) is 1. The van der Waals surface area contributed by atoms with Crippen LogP contribution in [0.4, 0.5) is 13.2 Å². The van der Waals surface area contributed by atoms with E-state index in [-0.39, 0.29) is 12.6 Å². The SMILES string of the molecule is CN(CC(=O)O)C1CCCN(Cc2ccc(C(F)(F)F)cc2)CC1. The molecule has 0 spiro atoms. The quantitative estimate of drug-likeness (QED) is 0.892. The second-order valence-electron chi connectivity index (χ2n) is 6.36. The first-order valence-electron chi connectivity index (χ1n) is 8.06. The molecule has 134 valence electrons. The van der Waals surface area contributed by atoms with Gasteiger partial charge in [0.05, 0.1) is 12.1 Å². The Morgan fingerprint density at radius 2 is 1.92 bits per heavy atom. The minimum Gasteiger partial charge on any atom is -0.480 e. The number of carboxylic acids is 1. The summed E-state index contributed by atoms with van der Waals surface area (Å²) in [4.78, 5) is 14.9. The Morgan fingerprint density at radius 1 is 1.25 bits per heavy atom. The number of likely N-dealkylation sites (N-methyl/N-ethyl adjacent to an activating group) is 1. The summed E-state index contributed by atoms with van der Waals surface area (Å²) in [5.74, 6) is -0.830. The number of rotatable bonds is 5. The standard InChI is InChI=1S/C17H23F3N2O2/c1-21(12-16(23)24)15-3-2-9-22(10-8-15)11-13-4-6-14(7-5-13)17(18,19)20/h4-7,15H,2-3,8-12H2,1H3,(H,23,24). The van der Waals surface area contributed by atoms with Crippen LogP contribution < -0.4 is 0 Å². The third-order valence-corrected chi connectivity index (χ3v) is 4.49. The lowest BCUT2D eigenvalue weighted by Crippen LogP contribution is -2.36. The zero-order valence-electron chi connectivity index (χ0n) is 13.7. The molecule has 1 heterocycles. The van der Waals surface area contributed by atoms with Gasteiger partial charge < -0.3 is 5.11 Å². The molecule has 0 aliphatic carbocycles. The number of hydrogen-bond acceptors (Lipinski definition) is 3. The van der Waals surface area contributed by atoms with Gasteiger partial charge in [-0.15, -0.1) is 0 Å². The molecule has 1 saturated heterocycles. The Balaban J connectivity index is 1.89. The van der Waals surface area contributed by atoms with Crippen LogP contribution in [0.25, 0.3) is 0 Å². The van der Waals surface area contributed by atoms with E-state index in [1.54, 1.807) is 0 Å².